The van der Waals surface area contributed by atoms with Gasteiger partial charge in [-0.2, -0.15) is 0 Å². The third kappa shape index (κ3) is 1.85. The Hall–Kier alpha value is -1.56. The van der Waals surface area contributed by atoms with Crippen LogP contribution in [0.4, 0.5) is 4.79 Å². The summed E-state index contributed by atoms with van der Waals surface area (Å²) in [6.07, 6.45) is 0.250. The molecular formula is C8H11NO5. The van der Waals surface area contributed by atoms with Gasteiger partial charge in [-0.05, 0) is 0 Å². The predicted octanol–water partition coefficient (Wildman–Crippen LogP) is 0.00600. The van der Waals surface area contributed by atoms with Gasteiger partial charge in [0.15, 0.2) is 0 Å². The average molecular weight is 201 g/mol. The third-order valence-electron chi connectivity index (χ3n) is 2.06. The number of carboxylic acid groups (broad SMARTS) is 2. The number of hydrogen-bond donors (Lipinski definition) is 2. The standard InChI is InChI=1S/C8H11NO5/c1-14-4-6-5(7(10)11)2-3-9(6)8(12)13/h2,6H,3-4H2,1H3,(H,10,11)(H,12,13)/t6-/m0/s1. The minimum absolute atomic E-state index is 0.0600. The number of carbonyl (C=O) groups is 2. The number of rotatable bonds is 3. The zero-order valence-electron chi connectivity index (χ0n) is 7.64. The van der Waals surface area contributed by atoms with Gasteiger partial charge in [-0.1, -0.05) is 6.08 Å². The highest BCUT2D eigenvalue weighted by molar-refractivity contribution is 5.90. The predicted molar refractivity (Wildman–Crippen MR) is 46.1 cm³/mol. The minimum atomic E-state index is -1.14. The van der Waals surface area contributed by atoms with Crippen molar-refractivity contribution in [3.63, 3.8) is 0 Å². The van der Waals surface area contributed by atoms with Crippen molar-refractivity contribution < 1.29 is 24.5 Å². The van der Waals surface area contributed by atoms with E-state index in [4.69, 9.17) is 14.9 Å². The van der Waals surface area contributed by atoms with E-state index in [9.17, 15) is 9.59 Å². The molecule has 1 heterocycles. The molecule has 0 aromatic heterocycles. The second-order valence-electron chi connectivity index (χ2n) is 2.87. The van der Waals surface area contributed by atoms with Gasteiger partial charge in [-0.25, -0.2) is 9.59 Å². The first-order valence-corrected chi connectivity index (χ1v) is 3.99. The first-order chi connectivity index (χ1) is 6.57. The molecule has 1 atom stereocenters. The maximum atomic E-state index is 10.7. The van der Waals surface area contributed by atoms with Crippen molar-refractivity contribution in [3.8, 4) is 0 Å². The van der Waals surface area contributed by atoms with Crippen molar-refractivity contribution in [1.29, 1.82) is 0 Å². The highest BCUT2D eigenvalue weighted by atomic mass is 16.5. The molecule has 2 N–H and O–H groups in total. The quantitative estimate of drug-likeness (QED) is 0.671. The van der Waals surface area contributed by atoms with Crippen LogP contribution in [0.2, 0.25) is 0 Å². The van der Waals surface area contributed by atoms with Gasteiger partial charge in [-0.3, -0.25) is 4.90 Å². The fourth-order valence-electron chi connectivity index (χ4n) is 1.41. The van der Waals surface area contributed by atoms with E-state index >= 15 is 0 Å². The van der Waals surface area contributed by atoms with Crippen LogP contribution in [0.3, 0.4) is 0 Å². The minimum Gasteiger partial charge on any atom is -0.478 e. The van der Waals surface area contributed by atoms with Crippen LogP contribution in [0.25, 0.3) is 0 Å². The Labute approximate surface area is 80.4 Å². The summed E-state index contributed by atoms with van der Waals surface area (Å²) >= 11 is 0. The van der Waals surface area contributed by atoms with Crippen LogP contribution in [0.15, 0.2) is 11.6 Å². The van der Waals surface area contributed by atoms with Gasteiger partial charge in [0, 0.05) is 13.7 Å². The van der Waals surface area contributed by atoms with E-state index in [2.05, 4.69) is 0 Å². The molecule has 14 heavy (non-hydrogen) atoms. The zero-order chi connectivity index (χ0) is 10.7. The van der Waals surface area contributed by atoms with Crippen LogP contribution >= 0.6 is 0 Å². The van der Waals surface area contributed by atoms with Crippen molar-refractivity contribution in [3.05, 3.63) is 11.6 Å². The van der Waals surface area contributed by atoms with Gasteiger partial charge in [0.1, 0.15) is 0 Å². The second-order valence-corrected chi connectivity index (χ2v) is 2.87. The van der Waals surface area contributed by atoms with Crippen LogP contribution in [0.5, 0.6) is 0 Å². The fraction of sp³-hybridized carbons (Fsp3) is 0.500. The Kier molecular flexibility index (Phi) is 3.08. The zero-order valence-corrected chi connectivity index (χ0v) is 7.64. The Morgan fingerprint density at radius 2 is 2.29 bits per heavy atom. The van der Waals surface area contributed by atoms with Crippen molar-refractivity contribution in [2.24, 2.45) is 0 Å². The third-order valence-corrected chi connectivity index (χ3v) is 2.06. The first-order valence-electron chi connectivity index (χ1n) is 3.99. The monoisotopic (exact) mass is 201 g/mol. The highest BCUT2D eigenvalue weighted by Crippen LogP contribution is 2.19. The number of carboxylic acids is 1. The van der Waals surface area contributed by atoms with E-state index in [1.165, 1.54) is 13.2 Å². The number of methoxy groups -OCH3 is 1. The molecule has 0 radical (unpaired) electrons. The molecule has 0 unspecified atom stereocenters. The van der Waals surface area contributed by atoms with Gasteiger partial charge < -0.3 is 14.9 Å². The van der Waals surface area contributed by atoms with Gasteiger partial charge in [-0.15, -0.1) is 0 Å². The van der Waals surface area contributed by atoms with E-state index in [0.29, 0.717) is 0 Å². The summed E-state index contributed by atoms with van der Waals surface area (Å²) in [7, 11) is 1.40. The largest absolute Gasteiger partial charge is 0.478 e. The van der Waals surface area contributed by atoms with Crippen LogP contribution in [-0.2, 0) is 9.53 Å². The Bertz CT molecular complexity index is 285. The lowest BCUT2D eigenvalue weighted by Gasteiger charge is -2.22. The van der Waals surface area contributed by atoms with Crippen molar-refractivity contribution in [1.82, 2.24) is 4.90 Å². The molecule has 1 aliphatic rings. The number of hydrogen-bond acceptors (Lipinski definition) is 3. The molecule has 0 bridgehead atoms. The molecule has 0 aliphatic carbocycles. The Morgan fingerprint density at radius 1 is 1.64 bits per heavy atom. The average Bonchev–Trinajstić information content (AvgIpc) is 2.48. The summed E-state index contributed by atoms with van der Waals surface area (Å²) in [5, 5.41) is 17.5. The normalized spacial score (nSPS) is 20.8. The van der Waals surface area contributed by atoms with Crippen LogP contribution in [-0.4, -0.2) is 53.5 Å². The summed E-state index contributed by atoms with van der Waals surface area (Å²) in [5.74, 6) is -1.10. The van der Waals surface area contributed by atoms with Crippen molar-refractivity contribution in [2.45, 2.75) is 6.04 Å². The lowest BCUT2D eigenvalue weighted by molar-refractivity contribution is -0.133. The molecule has 0 saturated carbocycles. The van der Waals surface area contributed by atoms with Crippen LogP contribution in [0, 0.1) is 0 Å². The van der Waals surface area contributed by atoms with Crippen molar-refractivity contribution in [2.75, 3.05) is 20.3 Å². The number of aliphatic carboxylic acids is 1. The van der Waals surface area contributed by atoms with E-state index < -0.39 is 18.1 Å². The number of nitrogens with zero attached hydrogens (tertiary/aromatic N) is 1. The van der Waals surface area contributed by atoms with Gasteiger partial charge in [0.05, 0.1) is 18.2 Å². The Balaban J connectivity index is 2.80. The maximum absolute atomic E-state index is 10.7. The van der Waals surface area contributed by atoms with E-state index in [1.807, 2.05) is 0 Å². The summed E-state index contributed by atoms with van der Waals surface area (Å²) in [6, 6.07) is -0.699. The number of amides is 1. The molecule has 1 aliphatic heterocycles. The summed E-state index contributed by atoms with van der Waals surface area (Å²) in [6.45, 7) is 0.162. The summed E-state index contributed by atoms with van der Waals surface area (Å²) < 4.78 is 4.78. The van der Waals surface area contributed by atoms with E-state index in [1.54, 1.807) is 0 Å². The topological polar surface area (TPSA) is 87.1 Å². The fourth-order valence-corrected chi connectivity index (χ4v) is 1.41. The maximum Gasteiger partial charge on any atom is 0.408 e. The van der Waals surface area contributed by atoms with E-state index in [-0.39, 0.29) is 18.7 Å². The molecule has 6 heteroatoms. The van der Waals surface area contributed by atoms with Crippen LogP contribution < -0.4 is 0 Å². The molecule has 1 amide bonds. The van der Waals surface area contributed by atoms with E-state index in [0.717, 1.165) is 4.90 Å². The number of ether oxygens (including phenoxy) is 1. The molecule has 0 spiro atoms. The smallest absolute Gasteiger partial charge is 0.408 e. The molecule has 1 rings (SSSR count). The first kappa shape index (κ1) is 10.5. The molecule has 78 valence electrons. The Morgan fingerprint density at radius 3 is 2.71 bits per heavy atom. The molecule has 6 nitrogen and oxygen atoms in total. The molecular weight excluding hydrogens is 190 g/mol. The van der Waals surface area contributed by atoms with Gasteiger partial charge in [0.25, 0.3) is 0 Å². The summed E-state index contributed by atoms with van der Waals surface area (Å²) in [5.41, 5.74) is 0.0780. The summed E-state index contributed by atoms with van der Waals surface area (Å²) in [4.78, 5) is 22.4. The molecule has 0 aromatic rings. The molecule has 0 saturated heterocycles. The molecule has 0 fully saturated rings. The lowest BCUT2D eigenvalue weighted by Crippen LogP contribution is -2.40. The van der Waals surface area contributed by atoms with Gasteiger partial charge >= 0.3 is 12.1 Å². The lowest BCUT2D eigenvalue weighted by atomic mass is 10.1. The highest BCUT2D eigenvalue weighted by Gasteiger charge is 2.34. The van der Waals surface area contributed by atoms with Crippen molar-refractivity contribution >= 4 is 12.1 Å². The van der Waals surface area contributed by atoms with Gasteiger partial charge in [0.2, 0.25) is 0 Å². The second kappa shape index (κ2) is 4.10. The van der Waals surface area contributed by atoms with Crippen LogP contribution in [0.1, 0.15) is 0 Å². The SMILES string of the molecule is COC[C@H]1C(C(=O)O)=CCN1C(=O)O. The molecule has 0 aromatic carbocycles.